The van der Waals surface area contributed by atoms with Gasteiger partial charge in [-0.3, -0.25) is 9.59 Å². The average molecular weight is 482 g/mol. The van der Waals surface area contributed by atoms with Crippen molar-refractivity contribution in [2.45, 2.75) is 72.3 Å². The zero-order valence-electron chi connectivity index (χ0n) is 20.7. The zero-order valence-corrected chi connectivity index (χ0v) is 21.5. The number of anilines is 1. The molecule has 1 aromatic rings. The number of aromatic nitrogens is 1. The number of rotatable bonds is 7. The van der Waals surface area contributed by atoms with Crippen molar-refractivity contribution in [3.05, 3.63) is 10.6 Å². The van der Waals surface area contributed by atoms with Gasteiger partial charge in [0.15, 0.2) is 5.13 Å². The first-order valence-corrected chi connectivity index (χ1v) is 12.5. The van der Waals surface area contributed by atoms with Gasteiger partial charge in [0.1, 0.15) is 0 Å². The minimum Gasteiger partial charge on any atom is -0.396 e. The highest BCUT2D eigenvalue weighted by molar-refractivity contribution is 7.15. The van der Waals surface area contributed by atoms with Crippen molar-refractivity contribution in [3.8, 4) is 0 Å². The lowest BCUT2D eigenvalue weighted by atomic mass is 9.47. The van der Waals surface area contributed by atoms with E-state index in [2.05, 4.69) is 17.6 Å². The Hall–Kier alpha value is -1.55. The van der Waals surface area contributed by atoms with E-state index >= 15 is 0 Å². The Bertz CT molecular complexity index is 882. The predicted molar refractivity (Wildman–Crippen MR) is 128 cm³/mol. The third-order valence-corrected chi connectivity index (χ3v) is 8.82. The van der Waals surface area contributed by atoms with E-state index < -0.39 is 16.9 Å². The maximum absolute atomic E-state index is 12.9. The molecule has 2 aliphatic carbocycles. The number of aliphatic hydroxyl groups excluding tert-OH is 2. The molecule has 9 heteroatoms. The summed E-state index contributed by atoms with van der Waals surface area (Å²) >= 11 is 1.44. The normalized spacial score (nSPS) is 31.5. The second kappa shape index (κ2) is 9.60. The summed E-state index contributed by atoms with van der Waals surface area (Å²) in [7, 11) is 1.59. The number of ether oxygens (including phenoxy) is 1. The highest BCUT2D eigenvalue weighted by Gasteiger charge is 2.59. The second-order valence-electron chi connectivity index (χ2n) is 11.1. The molecule has 8 nitrogen and oxygen atoms in total. The largest absolute Gasteiger partial charge is 0.396 e. The molecule has 1 saturated carbocycles. The van der Waals surface area contributed by atoms with Crippen LogP contribution in [0.15, 0.2) is 0 Å². The molecule has 0 aliphatic heterocycles. The van der Waals surface area contributed by atoms with Crippen LogP contribution in [-0.2, 0) is 20.7 Å². The van der Waals surface area contributed by atoms with Gasteiger partial charge in [-0.1, -0.05) is 34.6 Å². The van der Waals surface area contributed by atoms with Gasteiger partial charge in [0, 0.05) is 41.7 Å². The van der Waals surface area contributed by atoms with Crippen molar-refractivity contribution in [2.75, 3.05) is 32.2 Å². The van der Waals surface area contributed by atoms with Gasteiger partial charge >= 0.3 is 0 Å². The Morgan fingerprint density at radius 1 is 1.30 bits per heavy atom. The van der Waals surface area contributed by atoms with E-state index in [9.17, 15) is 19.8 Å². The zero-order chi connectivity index (χ0) is 24.6. The molecule has 186 valence electrons. The summed E-state index contributed by atoms with van der Waals surface area (Å²) in [6.45, 7) is 10.4. The first-order chi connectivity index (χ1) is 15.4. The molecular weight excluding hydrogens is 442 g/mol. The summed E-state index contributed by atoms with van der Waals surface area (Å²) in [4.78, 5) is 31.3. The molecule has 33 heavy (non-hydrogen) atoms. The summed E-state index contributed by atoms with van der Waals surface area (Å²) < 4.78 is 5.04. The third-order valence-electron chi connectivity index (χ3n) is 7.81. The molecule has 1 heterocycles. The first kappa shape index (κ1) is 26.1. The standard InChI is InChI=1S/C24H39N3O5S/c1-22(2,3)20(31)27-21-26-19-14(11-18(30)25-9-10-32-6)23(4)8-7-17(29)24(5,13-28)16(23)12-15(19)33-21/h14,16-17,28-29H,7-13H2,1-6H3,(H,25,30)(H,26,27,31)/t14-,16+,17-,23+,24+/m1/s1. The van der Waals surface area contributed by atoms with Crippen LogP contribution >= 0.6 is 11.3 Å². The Balaban J connectivity index is 1.99. The number of carbonyl (C=O) groups is 2. The van der Waals surface area contributed by atoms with Gasteiger partial charge in [-0.05, 0) is 30.6 Å². The fourth-order valence-electron chi connectivity index (χ4n) is 5.53. The van der Waals surface area contributed by atoms with Gasteiger partial charge in [0.05, 0.1) is 25.0 Å². The van der Waals surface area contributed by atoms with E-state index in [-0.39, 0.29) is 42.1 Å². The van der Waals surface area contributed by atoms with Crippen molar-refractivity contribution < 1.29 is 24.5 Å². The molecule has 0 aromatic carbocycles. The van der Waals surface area contributed by atoms with Gasteiger partial charge in [-0.25, -0.2) is 4.98 Å². The van der Waals surface area contributed by atoms with Gasteiger partial charge < -0.3 is 25.6 Å². The van der Waals surface area contributed by atoms with Gasteiger partial charge in [-0.2, -0.15) is 0 Å². The van der Waals surface area contributed by atoms with Gasteiger partial charge in [0.2, 0.25) is 11.8 Å². The number of hydrogen-bond donors (Lipinski definition) is 4. The van der Waals surface area contributed by atoms with Crippen LogP contribution in [0.3, 0.4) is 0 Å². The lowest BCUT2D eigenvalue weighted by molar-refractivity contribution is -0.144. The van der Waals surface area contributed by atoms with E-state index in [1.165, 1.54) is 11.3 Å². The van der Waals surface area contributed by atoms with E-state index in [0.29, 0.717) is 31.1 Å². The number of amides is 2. The van der Waals surface area contributed by atoms with E-state index in [4.69, 9.17) is 9.72 Å². The molecule has 2 amide bonds. The fraction of sp³-hybridized carbons (Fsp3) is 0.792. The number of nitrogens with zero attached hydrogens (tertiary/aromatic N) is 1. The molecule has 3 rings (SSSR count). The minimum absolute atomic E-state index is 0.0188. The van der Waals surface area contributed by atoms with Gasteiger partial charge in [0.25, 0.3) is 0 Å². The number of hydrogen-bond acceptors (Lipinski definition) is 7. The molecule has 5 atom stereocenters. The van der Waals surface area contributed by atoms with Crippen molar-refractivity contribution in [1.82, 2.24) is 10.3 Å². The highest BCUT2D eigenvalue weighted by Crippen LogP contribution is 2.62. The topological polar surface area (TPSA) is 121 Å². The minimum atomic E-state index is -0.672. The Morgan fingerprint density at radius 2 is 2.00 bits per heavy atom. The number of fused-ring (bicyclic) bond motifs is 2. The van der Waals surface area contributed by atoms with Crippen molar-refractivity contribution >= 4 is 28.3 Å². The third kappa shape index (κ3) is 4.97. The number of nitrogens with one attached hydrogen (secondary N) is 2. The second-order valence-corrected chi connectivity index (χ2v) is 12.2. The molecule has 1 fully saturated rings. The molecule has 0 bridgehead atoms. The SMILES string of the molecule is COCCNC(=O)C[C@@H]1c2nc(NC(=O)C(C)(C)C)sc2C[C@@H]2[C@](C)(CO)[C@H](O)CC[C@]21C. The molecule has 0 spiro atoms. The molecule has 0 unspecified atom stereocenters. The molecule has 0 saturated heterocycles. The highest BCUT2D eigenvalue weighted by atomic mass is 32.1. The van der Waals surface area contributed by atoms with Crippen LogP contribution in [0.25, 0.3) is 0 Å². The smallest absolute Gasteiger partial charge is 0.231 e. The van der Waals surface area contributed by atoms with Crippen molar-refractivity contribution in [1.29, 1.82) is 0 Å². The Labute approximate surface area is 200 Å². The average Bonchev–Trinajstić information content (AvgIpc) is 3.14. The number of methoxy groups -OCH3 is 1. The van der Waals surface area contributed by atoms with Crippen molar-refractivity contribution in [3.63, 3.8) is 0 Å². The quantitative estimate of drug-likeness (QED) is 0.445. The van der Waals surface area contributed by atoms with Crippen LogP contribution < -0.4 is 10.6 Å². The van der Waals surface area contributed by atoms with Crippen LogP contribution in [0.2, 0.25) is 0 Å². The summed E-state index contributed by atoms with van der Waals surface area (Å²) in [6.07, 6.45) is 1.62. The Kier molecular flexibility index (Phi) is 7.58. The summed E-state index contributed by atoms with van der Waals surface area (Å²) in [5.41, 5.74) is -0.677. The lowest BCUT2D eigenvalue weighted by Crippen LogP contribution is -2.57. The summed E-state index contributed by atoms with van der Waals surface area (Å²) in [5, 5.41) is 27.6. The molecule has 0 radical (unpaired) electrons. The van der Waals surface area contributed by atoms with Crippen LogP contribution in [0.1, 0.15) is 70.4 Å². The van der Waals surface area contributed by atoms with Crippen LogP contribution in [0, 0.1) is 22.2 Å². The van der Waals surface area contributed by atoms with E-state index in [1.807, 2.05) is 27.7 Å². The summed E-state index contributed by atoms with van der Waals surface area (Å²) in [6, 6.07) is 0. The Morgan fingerprint density at radius 3 is 2.61 bits per heavy atom. The van der Waals surface area contributed by atoms with E-state index in [0.717, 1.165) is 17.0 Å². The molecular formula is C24H39N3O5S. The monoisotopic (exact) mass is 481 g/mol. The van der Waals surface area contributed by atoms with Crippen LogP contribution in [0.5, 0.6) is 0 Å². The first-order valence-electron chi connectivity index (χ1n) is 11.7. The summed E-state index contributed by atoms with van der Waals surface area (Å²) in [5.74, 6) is -0.380. The van der Waals surface area contributed by atoms with Crippen molar-refractivity contribution in [2.24, 2.45) is 22.2 Å². The molecule has 2 aliphatic rings. The van der Waals surface area contributed by atoms with E-state index in [1.54, 1.807) is 7.11 Å². The predicted octanol–water partition coefficient (Wildman–Crippen LogP) is 2.70. The molecule has 4 N–H and O–H groups in total. The number of carbonyl (C=O) groups excluding carboxylic acids is 2. The fourth-order valence-corrected chi connectivity index (χ4v) is 6.60. The maximum atomic E-state index is 12.9. The van der Waals surface area contributed by atoms with Crippen LogP contribution in [-0.4, -0.2) is 60.0 Å². The number of aliphatic hydroxyl groups is 2. The maximum Gasteiger partial charge on any atom is 0.231 e. The van der Waals surface area contributed by atoms with Gasteiger partial charge in [-0.15, -0.1) is 11.3 Å². The molecule has 1 aromatic heterocycles. The lowest BCUT2D eigenvalue weighted by Gasteiger charge is -2.58. The van der Waals surface area contributed by atoms with Crippen LogP contribution in [0.4, 0.5) is 5.13 Å². The number of thiazole rings is 1.